The number of rotatable bonds is 5. The summed E-state index contributed by atoms with van der Waals surface area (Å²) in [6, 6.07) is 19.3. The van der Waals surface area contributed by atoms with Gasteiger partial charge in [-0.05, 0) is 56.7 Å². The zero-order chi connectivity index (χ0) is 20.9. The highest BCUT2D eigenvalue weighted by Crippen LogP contribution is 2.28. The molecule has 3 rings (SSSR count). The van der Waals surface area contributed by atoms with Crippen molar-refractivity contribution in [2.75, 3.05) is 18.4 Å². The molecule has 0 radical (unpaired) electrons. The average Bonchev–Trinajstić information content (AvgIpc) is 2.75. The minimum absolute atomic E-state index is 0.164. The molecule has 1 aliphatic heterocycles. The largest absolute Gasteiger partial charge is 0.342 e. The van der Waals surface area contributed by atoms with Gasteiger partial charge in [0.2, 0.25) is 11.8 Å². The van der Waals surface area contributed by atoms with Crippen LogP contribution in [0.3, 0.4) is 0 Å². The van der Waals surface area contributed by atoms with Crippen molar-refractivity contribution in [1.82, 2.24) is 4.90 Å². The Morgan fingerprint density at radius 2 is 1.69 bits per heavy atom. The number of hydrogen-bond acceptors (Lipinski definition) is 3. The minimum Gasteiger partial charge on any atom is -0.342 e. The van der Waals surface area contributed by atoms with Crippen LogP contribution in [0.25, 0.3) is 0 Å². The summed E-state index contributed by atoms with van der Waals surface area (Å²) >= 11 is 0. The van der Waals surface area contributed by atoms with E-state index in [0.717, 1.165) is 19.3 Å². The third kappa shape index (κ3) is 4.83. The van der Waals surface area contributed by atoms with Crippen molar-refractivity contribution in [2.24, 2.45) is 11.3 Å². The van der Waals surface area contributed by atoms with Crippen LogP contribution in [-0.4, -0.2) is 29.8 Å². The van der Waals surface area contributed by atoms with Gasteiger partial charge in [-0.3, -0.25) is 9.59 Å². The van der Waals surface area contributed by atoms with Gasteiger partial charge in [-0.25, -0.2) is 0 Å². The third-order valence-corrected chi connectivity index (χ3v) is 5.67. The van der Waals surface area contributed by atoms with Crippen molar-refractivity contribution < 1.29 is 9.59 Å². The molecule has 5 nitrogen and oxygen atoms in total. The SMILES string of the molecule is CC(C)(C(=O)Nc1ccccc1C#N)C(=O)N1CCC(Cc2ccccc2)CC1. The second kappa shape index (κ2) is 8.91. The molecule has 2 aromatic carbocycles. The number of anilines is 1. The molecule has 150 valence electrons. The molecule has 1 aliphatic rings. The van der Waals surface area contributed by atoms with E-state index in [-0.39, 0.29) is 5.91 Å². The lowest BCUT2D eigenvalue weighted by atomic mass is 9.86. The maximum atomic E-state index is 13.1. The maximum absolute atomic E-state index is 13.1. The minimum atomic E-state index is -1.20. The van der Waals surface area contributed by atoms with Gasteiger partial charge in [0.25, 0.3) is 0 Å². The topological polar surface area (TPSA) is 73.2 Å². The van der Waals surface area contributed by atoms with Crippen LogP contribution < -0.4 is 5.32 Å². The van der Waals surface area contributed by atoms with Crippen molar-refractivity contribution in [2.45, 2.75) is 33.1 Å². The van der Waals surface area contributed by atoms with Crippen molar-refractivity contribution in [1.29, 1.82) is 5.26 Å². The first-order chi connectivity index (χ1) is 13.9. The van der Waals surface area contributed by atoms with Crippen molar-refractivity contribution in [3.63, 3.8) is 0 Å². The highest BCUT2D eigenvalue weighted by atomic mass is 16.2. The summed E-state index contributed by atoms with van der Waals surface area (Å²) < 4.78 is 0. The number of hydrogen-bond donors (Lipinski definition) is 1. The van der Waals surface area contributed by atoms with Gasteiger partial charge >= 0.3 is 0 Å². The summed E-state index contributed by atoms with van der Waals surface area (Å²) in [7, 11) is 0. The van der Waals surface area contributed by atoms with E-state index in [1.54, 1.807) is 43.0 Å². The second-order valence-corrected chi connectivity index (χ2v) is 8.16. The first-order valence-corrected chi connectivity index (χ1v) is 10.1. The van der Waals surface area contributed by atoms with Gasteiger partial charge in [0.05, 0.1) is 11.3 Å². The summed E-state index contributed by atoms with van der Waals surface area (Å²) in [5.41, 5.74) is 0.941. The van der Waals surface area contributed by atoms with Crippen LogP contribution in [0.4, 0.5) is 5.69 Å². The Morgan fingerprint density at radius 3 is 2.34 bits per heavy atom. The number of nitriles is 1. The number of nitrogens with one attached hydrogen (secondary N) is 1. The number of carbonyl (C=O) groups is 2. The van der Waals surface area contributed by atoms with Crippen LogP contribution in [0, 0.1) is 22.7 Å². The molecule has 29 heavy (non-hydrogen) atoms. The Hall–Kier alpha value is -3.13. The van der Waals surface area contributed by atoms with E-state index in [2.05, 4.69) is 35.7 Å². The number of nitrogens with zero attached hydrogens (tertiary/aromatic N) is 2. The molecular weight excluding hydrogens is 362 g/mol. The molecule has 1 saturated heterocycles. The van der Waals surface area contributed by atoms with Gasteiger partial charge in [0.1, 0.15) is 11.5 Å². The first-order valence-electron chi connectivity index (χ1n) is 10.1. The summed E-state index contributed by atoms with van der Waals surface area (Å²) in [6.45, 7) is 4.63. The van der Waals surface area contributed by atoms with Crippen LogP contribution in [0.5, 0.6) is 0 Å². The standard InChI is InChI=1S/C24H27N3O2/c1-24(2,22(28)26-21-11-7-6-10-20(21)17-25)23(29)27-14-12-19(13-15-27)16-18-8-4-3-5-9-18/h3-11,19H,12-16H2,1-2H3,(H,26,28). The molecular formula is C24H27N3O2. The highest BCUT2D eigenvalue weighted by molar-refractivity contribution is 6.10. The van der Waals surface area contributed by atoms with Crippen LogP contribution in [-0.2, 0) is 16.0 Å². The number of benzene rings is 2. The van der Waals surface area contributed by atoms with Crippen LogP contribution in [0.1, 0.15) is 37.8 Å². The predicted molar refractivity (Wildman–Crippen MR) is 113 cm³/mol. The lowest BCUT2D eigenvalue weighted by Gasteiger charge is -2.36. The molecule has 1 N–H and O–H groups in total. The predicted octanol–water partition coefficient (Wildman–Crippen LogP) is 4.00. The zero-order valence-corrected chi connectivity index (χ0v) is 17.0. The molecule has 2 amide bonds. The first kappa shape index (κ1) is 20.6. The van der Waals surface area contributed by atoms with Crippen molar-refractivity contribution >= 4 is 17.5 Å². The van der Waals surface area contributed by atoms with Gasteiger partial charge in [-0.15, -0.1) is 0 Å². The summed E-state index contributed by atoms with van der Waals surface area (Å²) in [6.07, 6.45) is 2.91. The van der Waals surface area contributed by atoms with E-state index in [9.17, 15) is 14.9 Å². The van der Waals surface area contributed by atoms with Crippen molar-refractivity contribution in [3.8, 4) is 6.07 Å². The van der Waals surface area contributed by atoms with Crippen LogP contribution in [0.2, 0.25) is 0 Å². The summed E-state index contributed by atoms with van der Waals surface area (Å²) in [5, 5.41) is 12.0. The lowest BCUT2D eigenvalue weighted by molar-refractivity contribution is -0.147. The molecule has 0 spiro atoms. The number of piperidine rings is 1. The lowest BCUT2D eigenvalue weighted by Crippen LogP contribution is -2.50. The van der Waals surface area contributed by atoms with E-state index >= 15 is 0 Å². The molecule has 0 aliphatic carbocycles. The molecule has 2 aromatic rings. The van der Waals surface area contributed by atoms with Gasteiger partial charge in [-0.1, -0.05) is 42.5 Å². The Labute approximate surface area is 172 Å². The molecule has 0 bridgehead atoms. The van der Waals surface area contributed by atoms with E-state index in [1.165, 1.54) is 5.56 Å². The Morgan fingerprint density at radius 1 is 1.07 bits per heavy atom. The van der Waals surface area contributed by atoms with Gasteiger partial charge < -0.3 is 10.2 Å². The van der Waals surface area contributed by atoms with E-state index in [4.69, 9.17) is 0 Å². The fourth-order valence-electron chi connectivity index (χ4n) is 3.75. The molecule has 0 atom stereocenters. The normalized spacial score (nSPS) is 14.9. The molecule has 1 heterocycles. The monoisotopic (exact) mass is 389 g/mol. The Kier molecular flexibility index (Phi) is 6.33. The molecule has 1 fully saturated rings. The molecule has 5 heteroatoms. The molecule has 0 aromatic heterocycles. The van der Waals surface area contributed by atoms with Gasteiger partial charge in [-0.2, -0.15) is 5.26 Å². The number of carbonyl (C=O) groups excluding carboxylic acids is 2. The third-order valence-electron chi connectivity index (χ3n) is 5.67. The van der Waals surface area contributed by atoms with Crippen LogP contribution in [0.15, 0.2) is 54.6 Å². The summed E-state index contributed by atoms with van der Waals surface area (Å²) in [4.78, 5) is 27.7. The van der Waals surface area contributed by atoms with Gasteiger partial charge in [0.15, 0.2) is 0 Å². The van der Waals surface area contributed by atoms with Crippen molar-refractivity contribution in [3.05, 3.63) is 65.7 Å². The van der Waals surface area contributed by atoms with E-state index < -0.39 is 11.3 Å². The smallest absolute Gasteiger partial charge is 0.239 e. The second-order valence-electron chi connectivity index (χ2n) is 8.16. The van der Waals surface area contributed by atoms with E-state index in [0.29, 0.717) is 30.3 Å². The van der Waals surface area contributed by atoms with Gasteiger partial charge in [0, 0.05) is 13.1 Å². The highest BCUT2D eigenvalue weighted by Gasteiger charge is 2.40. The Bertz CT molecular complexity index is 907. The zero-order valence-electron chi connectivity index (χ0n) is 17.0. The quantitative estimate of drug-likeness (QED) is 0.786. The number of para-hydroxylation sites is 1. The van der Waals surface area contributed by atoms with E-state index in [1.807, 2.05) is 6.07 Å². The molecule has 0 unspecified atom stereocenters. The number of amides is 2. The molecule has 0 saturated carbocycles. The number of likely N-dealkylation sites (tertiary alicyclic amines) is 1. The average molecular weight is 389 g/mol. The fraction of sp³-hybridized carbons (Fsp3) is 0.375. The van der Waals surface area contributed by atoms with Crippen LogP contribution >= 0.6 is 0 Å². The fourth-order valence-corrected chi connectivity index (χ4v) is 3.75. The maximum Gasteiger partial charge on any atom is 0.239 e. The Balaban J connectivity index is 1.59. The summed E-state index contributed by atoms with van der Waals surface area (Å²) in [5.74, 6) is 0.0000956.